The molecule has 0 aromatic heterocycles. The fourth-order valence-electron chi connectivity index (χ4n) is 3.45. The molecule has 1 aliphatic rings. The van der Waals surface area contributed by atoms with Gasteiger partial charge in [-0.1, -0.05) is 35.9 Å². The molecule has 2 aromatic rings. The van der Waals surface area contributed by atoms with E-state index in [4.69, 9.17) is 9.47 Å². The predicted molar refractivity (Wildman–Crippen MR) is 107 cm³/mol. The van der Waals surface area contributed by atoms with Crippen LogP contribution in [0.5, 0.6) is 11.5 Å². The van der Waals surface area contributed by atoms with Gasteiger partial charge in [-0.2, -0.15) is 0 Å². The maximum Gasteiger partial charge on any atom is 0.295 e. The van der Waals surface area contributed by atoms with Gasteiger partial charge in [0.15, 0.2) is 11.5 Å². The normalized spacial score (nSPS) is 18.2. The maximum absolute atomic E-state index is 12.8. The number of amides is 1. The SMILES string of the molecule is COc1ccc([C@@H]2C(=C(O)c3ccc(C)cc3)C(=O)C(=O)N2CCO)cc1OC. The third-order valence-corrected chi connectivity index (χ3v) is 4.93. The van der Waals surface area contributed by atoms with Crippen LogP contribution in [-0.2, 0) is 9.59 Å². The Kier molecular flexibility index (Phi) is 5.89. The summed E-state index contributed by atoms with van der Waals surface area (Å²) in [7, 11) is 2.99. The van der Waals surface area contributed by atoms with Crippen LogP contribution in [0.4, 0.5) is 0 Å². The lowest BCUT2D eigenvalue weighted by Gasteiger charge is -2.25. The molecule has 1 heterocycles. The molecule has 1 saturated heterocycles. The second-order valence-electron chi connectivity index (χ2n) is 6.70. The molecule has 0 aliphatic carbocycles. The number of benzene rings is 2. The van der Waals surface area contributed by atoms with Gasteiger partial charge < -0.3 is 24.6 Å². The third-order valence-electron chi connectivity index (χ3n) is 4.93. The summed E-state index contributed by atoms with van der Waals surface area (Å²) in [5, 5.41) is 20.3. The van der Waals surface area contributed by atoms with Crippen LogP contribution in [0.1, 0.15) is 22.7 Å². The molecule has 0 unspecified atom stereocenters. The van der Waals surface area contributed by atoms with Gasteiger partial charge >= 0.3 is 0 Å². The number of β-amino-alcohol motifs (C(OH)–C–C–N with tert-alkyl or cyclic N) is 1. The minimum atomic E-state index is -0.858. The van der Waals surface area contributed by atoms with Gasteiger partial charge in [-0.15, -0.1) is 0 Å². The highest BCUT2D eigenvalue weighted by Gasteiger charge is 2.46. The number of rotatable bonds is 6. The number of nitrogens with zero attached hydrogens (tertiary/aromatic N) is 1. The Morgan fingerprint density at radius 1 is 1.03 bits per heavy atom. The number of carbonyl (C=O) groups excluding carboxylic acids is 2. The minimum absolute atomic E-state index is 0.0282. The molecule has 0 radical (unpaired) electrons. The lowest BCUT2D eigenvalue weighted by Crippen LogP contribution is -2.32. The van der Waals surface area contributed by atoms with Crippen molar-refractivity contribution in [2.45, 2.75) is 13.0 Å². The lowest BCUT2D eigenvalue weighted by molar-refractivity contribution is -0.140. The van der Waals surface area contributed by atoms with Gasteiger partial charge in [0.25, 0.3) is 11.7 Å². The summed E-state index contributed by atoms with van der Waals surface area (Å²) in [5.74, 6) is -0.906. The Hall–Kier alpha value is -3.32. The second-order valence-corrected chi connectivity index (χ2v) is 6.70. The van der Waals surface area contributed by atoms with Crippen molar-refractivity contribution in [3.05, 3.63) is 64.7 Å². The summed E-state index contributed by atoms with van der Waals surface area (Å²) in [6, 6.07) is 11.2. The Morgan fingerprint density at radius 3 is 2.28 bits per heavy atom. The predicted octanol–water partition coefficient (Wildman–Crippen LogP) is 2.43. The summed E-state index contributed by atoms with van der Waals surface area (Å²) in [5.41, 5.74) is 1.96. The molecule has 7 nitrogen and oxygen atoms in total. The Labute approximate surface area is 168 Å². The van der Waals surface area contributed by atoms with Gasteiger partial charge in [-0.25, -0.2) is 0 Å². The van der Waals surface area contributed by atoms with Crippen molar-refractivity contribution in [1.82, 2.24) is 4.90 Å². The van der Waals surface area contributed by atoms with Crippen LogP contribution in [0.15, 0.2) is 48.0 Å². The first-order valence-electron chi connectivity index (χ1n) is 9.11. The third kappa shape index (κ3) is 3.69. The maximum atomic E-state index is 12.8. The number of hydrogen-bond donors (Lipinski definition) is 2. The molecule has 2 aromatic carbocycles. The molecule has 1 amide bonds. The number of ketones is 1. The topological polar surface area (TPSA) is 96.3 Å². The van der Waals surface area contributed by atoms with Gasteiger partial charge in [-0.3, -0.25) is 9.59 Å². The first-order valence-corrected chi connectivity index (χ1v) is 9.11. The van der Waals surface area contributed by atoms with Gasteiger partial charge in [0.1, 0.15) is 5.76 Å². The number of carbonyl (C=O) groups is 2. The fourth-order valence-corrected chi connectivity index (χ4v) is 3.45. The molecule has 1 fully saturated rings. The zero-order valence-electron chi connectivity index (χ0n) is 16.5. The highest BCUT2D eigenvalue weighted by molar-refractivity contribution is 6.46. The van der Waals surface area contributed by atoms with E-state index in [9.17, 15) is 19.8 Å². The van der Waals surface area contributed by atoms with Gasteiger partial charge in [0, 0.05) is 12.1 Å². The molecule has 0 bridgehead atoms. The van der Waals surface area contributed by atoms with Crippen LogP contribution in [0, 0.1) is 6.92 Å². The average molecular weight is 397 g/mol. The van der Waals surface area contributed by atoms with Crippen LogP contribution in [0.3, 0.4) is 0 Å². The highest BCUT2D eigenvalue weighted by atomic mass is 16.5. The quantitative estimate of drug-likeness (QED) is 0.442. The summed E-state index contributed by atoms with van der Waals surface area (Å²) in [4.78, 5) is 26.7. The van der Waals surface area contributed by atoms with E-state index in [1.807, 2.05) is 19.1 Å². The molecule has 7 heteroatoms. The number of hydrogen-bond acceptors (Lipinski definition) is 6. The summed E-state index contributed by atoms with van der Waals surface area (Å²) in [6.45, 7) is 1.54. The van der Waals surface area contributed by atoms with E-state index < -0.39 is 17.7 Å². The number of aliphatic hydroxyl groups is 2. The Morgan fingerprint density at radius 2 is 1.69 bits per heavy atom. The monoisotopic (exact) mass is 397 g/mol. The van der Waals surface area contributed by atoms with E-state index in [0.717, 1.165) is 5.56 Å². The van der Waals surface area contributed by atoms with E-state index in [0.29, 0.717) is 22.6 Å². The zero-order chi connectivity index (χ0) is 21.1. The molecule has 0 saturated carbocycles. The number of methoxy groups -OCH3 is 2. The van der Waals surface area contributed by atoms with Crippen LogP contribution < -0.4 is 9.47 Å². The number of aliphatic hydroxyl groups excluding tert-OH is 2. The minimum Gasteiger partial charge on any atom is -0.507 e. The molecular weight excluding hydrogens is 374 g/mol. The van der Waals surface area contributed by atoms with Crippen LogP contribution in [0.25, 0.3) is 5.76 Å². The zero-order valence-corrected chi connectivity index (χ0v) is 16.5. The van der Waals surface area contributed by atoms with Crippen molar-refractivity contribution >= 4 is 17.4 Å². The molecule has 1 aliphatic heterocycles. The second kappa shape index (κ2) is 8.36. The number of Topliss-reactive ketones (excluding diaryl/α,β-unsaturated/α-hetero) is 1. The van der Waals surface area contributed by atoms with Crippen molar-refractivity contribution < 1.29 is 29.3 Å². The molecule has 29 heavy (non-hydrogen) atoms. The molecule has 3 rings (SSSR count). The lowest BCUT2D eigenvalue weighted by atomic mass is 9.94. The van der Waals surface area contributed by atoms with Gasteiger partial charge in [-0.05, 0) is 24.6 Å². The number of likely N-dealkylation sites (tertiary alicyclic amines) is 1. The van der Waals surface area contributed by atoms with Crippen LogP contribution in [-0.4, -0.2) is 54.2 Å². The molecule has 2 N–H and O–H groups in total. The highest BCUT2D eigenvalue weighted by Crippen LogP contribution is 2.41. The first kappa shape index (κ1) is 20.4. The van der Waals surface area contributed by atoms with Gasteiger partial charge in [0.05, 0.1) is 32.4 Å². The molecular formula is C22H23NO6. The van der Waals surface area contributed by atoms with Crippen molar-refractivity contribution in [3.8, 4) is 11.5 Å². The first-order chi connectivity index (χ1) is 13.9. The van der Waals surface area contributed by atoms with Crippen molar-refractivity contribution in [2.24, 2.45) is 0 Å². The molecule has 152 valence electrons. The van der Waals surface area contributed by atoms with E-state index in [1.165, 1.54) is 19.1 Å². The Balaban J connectivity index is 2.20. The largest absolute Gasteiger partial charge is 0.507 e. The van der Waals surface area contributed by atoms with E-state index in [-0.39, 0.29) is 24.5 Å². The summed E-state index contributed by atoms with van der Waals surface area (Å²) < 4.78 is 10.6. The average Bonchev–Trinajstić information content (AvgIpc) is 2.98. The van der Waals surface area contributed by atoms with Crippen LogP contribution in [0.2, 0.25) is 0 Å². The van der Waals surface area contributed by atoms with Crippen molar-refractivity contribution in [2.75, 3.05) is 27.4 Å². The van der Waals surface area contributed by atoms with Crippen molar-refractivity contribution in [1.29, 1.82) is 0 Å². The number of ether oxygens (including phenoxy) is 2. The molecule has 0 spiro atoms. The Bertz CT molecular complexity index is 964. The number of aryl methyl sites for hydroxylation is 1. The summed E-state index contributed by atoms with van der Waals surface area (Å²) >= 11 is 0. The van der Waals surface area contributed by atoms with Crippen LogP contribution >= 0.6 is 0 Å². The fraction of sp³-hybridized carbons (Fsp3) is 0.273. The van der Waals surface area contributed by atoms with Crippen molar-refractivity contribution in [3.63, 3.8) is 0 Å². The van der Waals surface area contributed by atoms with Gasteiger partial charge in [0.2, 0.25) is 0 Å². The molecule has 1 atom stereocenters. The smallest absolute Gasteiger partial charge is 0.295 e. The van der Waals surface area contributed by atoms with E-state index in [1.54, 1.807) is 30.3 Å². The standard InChI is InChI=1S/C22H23NO6/c1-13-4-6-14(7-5-13)20(25)18-19(23(10-11-24)22(27)21(18)26)15-8-9-16(28-2)17(12-15)29-3/h4-9,12,19,24-25H,10-11H2,1-3H3/t19-/m1/s1. The summed E-state index contributed by atoms with van der Waals surface area (Å²) in [6.07, 6.45) is 0. The van der Waals surface area contributed by atoms with E-state index >= 15 is 0 Å². The van der Waals surface area contributed by atoms with E-state index in [2.05, 4.69) is 0 Å².